The molecule has 2 aromatic rings. The maximum atomic E-state index is 12.7. The molecule has 1 fully saturated rings. The molecule has 0 radical (unpaired) electrons. The zero-order chi connectivity index (χ0) is 17.3. The minimum Gasteiger partial charge on any atom is -0.481 e. The van der Waals surface area contributed by atoms with Gasteiger partial charge < -0.3 is 10.0 Å². The number of carboxylic acids is 1. The molecule has 1 aliphatic rings. The van der Waals surface area contributed by atoms with Crippen LogP contribution in [0.25, 0.3) is 10.6 Å². The average molecular weight is 365 g/mol. The van der Waals surface area contributed by atoms with Crippen molar-refractivity contribution in [3.8, 4) is 10.6 Å². The van der Waals surface area contributed by atoms with Crippen molar-refractivity contribution in [2.75, 3.05) is 6.54 Å². The number of piperidine rings is 1. The summed E-state index contributed by atoms with van der Waals surface area (Å²) in [6.45, 7) is 2.18. The highest BCUT2D eigenvalue weighted by molar-refractivity contribution is 7.13. The van der Waals surface area contributed by atoms with Crippen molar-refractivity contribution in [1.82, 2.24) is 9.88 Å². The summed E-state index contributed by atoms with van der Waals surface area (Å²) in [5.74, 6) is -1.56. The predicted molar refractivity (Wildman–Crippen MR) is 93.4 cm³/mol. The summed E-state index contributed by atoms with van der Waals surface area (Å²) < 4.78 is 0. The van der Waals surface area contributed by atoms with Crippen molar-refractivity contribution in [2.45, 2.75) is 25.8 Å². The van der Waals surface area contributed by atoms with Gasteiger partial charge >= 0.3 is 5.97 Å². The number of amides is 1. The van der Waals surface area contributed by atoms with E-state index in [1.54, 1.807) is 22.4 Å². The number of halogens is 1. The van der Waals surface area contributed by atoms with Crippen LogP contribution in [0.15, 0.2) is 29.6 Å². The lowest BCUT2D eigenvalue weighted by Crippen LogP contribution is -2.47. The highest BCUT2D eigenvalue weighted by Crippen LogP contribution is 2.28. The molecule has 7 heteroatoms. The summed E-state index contributed by atoms with van der Waals surface area (Å²) in [5.41, 5.74) is 1.22. The van der Waals surface area contributed by atoms with E-state index in [9.17, 15) is 14.7 Å². The van der Waals surface area contributed by atoms with E-state index in [1.165, 1.54) is 11.3 Å². The number of nitrogens with zero attached hydrogens (tertiary/aromatic N) is 2. The van der Waals surface area contributed by atoms with E-state index in [0.29, 0.717) is 23.6 Å². The summed E-state index contributed by atoms with van der Waals surface area (Å²) in [7, 11) is 0. The number of carbonyl (C=O) groups is 2. The second-order valence-corrected chi connectivity index (χ2v) is 7.26. The fraction of sp³-hybridized carbons (Fsp3) is 0.353. The molecule has 2 unspecified atom stereocenters. The molecule has 2 atom stereocenters. The number of hydrogen-bond donors (Lipinski definition) is 1. The van der Waals surface area contributed by atoms with Crippen molar-refractivity contribution in [3.05, 3.63) is 40.4 Å². The second-order valence-electron chi connectivity index (χ2n) is 5.97. The zero-order valence-electron chi connectivity index (χ0n) is 13.1. The Balaban J connectivity index is 1.81. The Morgan fingerprint density at radius 3 is 2.88 bits per heavy atom. The molecule has 1 amide bonds. The first-order valence-electron chi connectivity index (χ1n) is 7.71. The van der Waals surface area contributed by atoms with Gasteiger partial charge in [0.25, 0.3) is 5.91 Å². The Morgan fingerprint density at radius 1 is 1.38 bits per heavy atom. The summed E-state index contributed by atoms with van der Waals surface area (Å²) in [6.07, 6.45) is 1.29. The molecule has 1 aromatic carbocycles. The number of carbonyl (C=O) groups excluding carboxylic acids is 1. The van der Waals surface area contributed by atoms with Gasteiger partial charge in [0.15, 0.2) is 0 Å². The molecule has 1 N–H and O–H groups in total. The van der Waals surface area contributed by atoms with E-state index in [4.69, 9.17) is 11.6 Å². The highest BCUT2D eigenvalue weighted by atomic mass is 35.5. The van der Waals surface area contributed by atoms with Crippen LogP contribution in [-0.2, 0) is 4.79 Å². The molecule has 0 aliphatic carbocycles. The van der Waals surface area contributed by atoms with Crippen molar-refractivity contribution < 1.29 is 14.7 Å². The number of benzene rings is 1. The minimum absolute atomic E-state index is 0.0180. The van der Waals surface area contributed by atoms with Crippen LogP contribution in [0.2, 0.25) is 5.02 Å². The molecule has 3 rings (SSSR count). The quantitative estimate of drug-likeness (QED) is 0.899. The fourth-order valence-electron chi connectivity index (χ4n) is 2.86. The average Bonchev–Trinajstić information content (AvgIpc) is 3.04. The molecular formula is C17H17ClN2O3S. The van der Waals surface area contributed by atoms with Crippen molar-refractivity contribution in [2.24, 2.45) is 5.92 Å². The summed E-state index contributed by atoms with van der Waals surface area (Å²) in [6, 6.07) is 7.34. The Morgan fingerprint density at radius 2 is 2.17 bits per heavy atom. The lowest BCUT2D eigenvalue weighted by molar-refractivity contribution is -0.143. The molecule has 0 saturated carbocycles. The first kappa shape index (κ1) is 16.9. The van der Waals surface area contributed by atoms with Crippen LogP contribution in [0.1, 0.15) is 30.3 Å². The van der Waals surface area contributed by atoms with Gasteiger partial charge in [-0.15, -0.1) is 11.3 Å². The third-order valence-electron chi connectivity index (χ3n) is 4.29. The lowest BCUT2D eigenvalue weighted by atomic mass is 9.93. The molecule has 0 bridgehead atoms. The van der Waals surface area contributed by atoms with Crippen molar-refractivity contribution in [1.29, 1.82) is 0 Å². The Hall–Kier alpha value is -1.92. The van der Waals surface area contributed by atoms with E-state index >= 15 is 0 Å². The standard InChI is InChI=1S/C17H17ClN2O3S/c1-10-5-6-12(17(22)23)8-20(10)16(21)14-9-24-15(19-14)11-3-2-4-13(18)7-11/h2-4,7,9-10,12H,5-6,8H2,1H3,(H,22,23). The number of hydrogen-bond acceptors (Lipinski definition) is 4. The molecule has 126 valence electrons. The van der Waals surface area contributed by atoms with E-state index in [2.05, 4.69) is 4.98 Å². The number of thiazole rings is 1. The predicted octanol–water partition coefficient (Wildman–Crippen LogP) is 3.79. The van der Waals surface area contributed by atoms with Crippen LogP contribution >= 0.6 is 22.9 Å². The topological polar surface area (TPSA) is 70.5 Å². The summed E-state index contributed by atoms with van der Waals surface area (Å²) >= 11 is 7.38. The van der Waals surface area contributed by atoms with Crippen LogP contribution in [0.3, 0.4) is 0 Å². The molecular weight excluding hydrogens is 348 g/mol. The SMILES string of the molecule is CC1CCC(C(=O)O)CN1C(=O)c1csc(-c2cccc(Cl)c2)n1. The Kier molecular flexibility index (Phi) is 4.87. The van der Waals surface area contributed by atoms with Gasteiger partial charge in [-0.25, -0.2) is 4.98 Å². The normalized spacial score (nSPS) is 20.8. The zero-order valence-corrected chi connectivity index (χ0v) is 14.7. The van der Waals surface area contributed by atoms with Gasteiger partial charge in [0.05, 0.1) is 5.92 Å². The Labute approximate surface area is 148 Å². The number of aliphatic carboxylic acids is 1. The molecule has 1 aromatic heterocycles. The van der Waals surface area contributed by atoms with Gasteiger partial charge in [-0.1, -0.05) is 23.7 Å². The number of aromatic nitrogens is 1. The maximum absolute atomic E-state index is 12.7. The van der Waals surface area contributed by atoms with Crippen molar-refractivity contribution >= 4 is 34.8 Å². The molecule has 5 nitrogen and oxygen atoms in total. The monoisotopic (exact) mass is 364 g/mol. The molecule has 1 saturated heterocycles. The van der Waals surface area contributed by atoms with Crippen LogP contribution in [0.5, 0.6) is 0 Å². The van der Waals surface area contributed by atoms with Gasteiger partial charge in [-0.05, 0) is 31.9 Å². The number of carboxylic acid groups (broad SMARTS) is 1. The summed E-state index contributed by atoms with van der Waals surface area (Å²) in [4.78, 5) is 30.0. The van der Waals surface area contributed by atoms with Gasteiger partial charge in [-0.3, -0.25) is 9.59 Å². The number of likely N-dealkylation sites (tertiary alicyclic amines) is 1. The second kappa shape index (κ2) is 6.91. The fourth-order valence-corrected chi connectivity index (χ4v) is 3.85. The van der Waals surface area contributed by atoms with Gasteiger partial charge in [-0.2, -0.15) is 0 Å². The lowest BCUT2D eigenvalue weighted by Gasteiger charge is -2.36. The van der Waals surface area contributed by atoms with Crippen LogP contribution in [0, 0.1) is 5.92 Å². The van der Waals surface area contributed by atoms with E-state index in [1.807, 2.05) is 19.1 Å². The maximum Gasteiger partial charge on any atom is 0.308 e. The highest BCUT2D eigenvalue weighted by Gasteiger charge is 2.33. The van der Waals surface area contributed by atoms with Gasteiger partial charge in [0.1, 0.15) is 10.7 Å². The van der Waals surface area contributed by atoms with Crippen LogP contribution in [0.4, 0.5) is 0 Å². The van der Waals surface area contributed by atoms with E-state index < -0.39 is 11.9 Å². The third-order valence-corrected chi connectivity index (χ3v) is 5.41. The van der Waals surface area contributed by atoms with Gasteiger partial charge in [0, 0.05) is 28.6 Å². The van der Waals surface area contributed by atoms with Crippen molar-refractivity contribution in [3.63, 3.8) is 0 Å². The van der Waals surface area contributed by atoms with E-state index in [-0.39, 0.29) is 18.5 Å². The minimum atomic E-state index is -0.849. The molecule has 0 spiro atoms. The summed E-state index contributed by atoms with van der Waals surface area (Å²) in [5, 5.41) is 12.3. The Bertz CT molecular complexity index is 777. The smallest absolute Gasteiger partial charge is 0.308 e. The molecule has 24 heavy (non-hydrogen) atoms. The van der Waals surface area contributed by atoms with Gasteiger partial charge in [0.2, 0.25) is 0 Å². The molecule has 1 aliphatic heterocycles. The number of rotatable bonds is 3. The van der Waals surface area contributed by atoms with Crippen LogP contribution in [-0.4, -0.2) is 39.5 Å². The molecule has 2 heterocycles. The first-order valence-corrected chi connectivity index (χ1v) is 8.96. The first-order chi connectivity index (χ1) is 11.5. The largest absolute Gasteiger partial charge is 0.481 e. The van der Waals surface area contributed by atoms with E-state index in [0.717, 1.165) is 10.6 Å². The van der Waals surface area contributed by atoms with Crippen LogP contribution < -0.4 is 0 Å². The third kappa shape index (κ3) is 3.44.